The van der Waals surface area contributed by atoms with Gasteiger partial charge >= 0.3 is 0 Å². The zero-order valence-corrected chi connectivity index (χ0v) is 7.76. The maximum Gasteiger partial charge on any atom is 0.0639 e. The molecule has 0 amide bonds. The Balaban J connectivity index is 2.44. The molecule has 0 aliphatic heterocycles. The Kier molecular flexibility index (Phi) is 3.05. The van der Waals surface area contributed by atoms with Crippen LogP contribution < -0.4 is 5.32 Å². The molecule has 1 aliphatic carbocycles. The summed E-state index contributed by atoms with van der Waals surface area (Å²) in [6.45, 7) is 0. The van der Waals surface area contributed by atoms with E-state index in [0.717, 1.165) is 0 Å². The Morgan fingerprint density at radius 1 is 1.20 bits per heavy atom. The molecule has 0 bridgehead atoms. The van der Waals surface area contributed by atoms with Crippen molar-refractivity contribution in [3.05, 3.63) is 0 Å². The summed E-state index contributed by atoms with van der Waals surface area (Å²) in [4.78, 5) is 0.429. The van der Waals surface area contributed by atoms with Gasteiger partial charge < -0.3 is 5.32 Å². The van der Waals surface area contributed by atoms with Crippen LogP contribution in [-0.2, 0) is 0 Å². The Bertz CT molecular complexity index is 91.4. The van der Waals surface area contributed by atoms with E-state index in [-0.39, 0.29) is 0 Å². The molecule has 1 fully saturated rings. The molecule has 1 nitrogen and oxygen atoms in total. The van der Waals surface area contributed by atoms with Gasteiger partial charge in [0.25, 0.3) is 0 Å². The lowest BCUT2D eigenvalue weighted by atomic mass is 9.95. The highest BCUT2D eigenvalue weighted by Crippen LogP contribution is 2.35. The van der Waals surface area contributed by atoms with Gasteiger partial charge in [-0.15, -0.1) is 11.8 Å². The van der Waals surface area contributed by atoms with E-state index in [0.29, 0.717) is 4.87 Å². The van der Waals surface area contributed by atoms with Crippen LogP contribution >= 0.6 is 11.8 Å². The monoisotopic (exact) mass is 159 g/mol. The highest BCUT2D eigenvalue weighted by molar-refractivity contribution is 7.99. The SMILES string of the molecule is CNC1(SC)CCCCC1. The van der Waals surface area contributed by atoms with Crippen molar-refractivity contribution >= 4 is 11.8 Å². The number of rotatable bonds is 2. The summed E-state index contributed by atoms with van der Waals surface area (Å²) in [5, 5.41) is 3.43. The summed E-state index contributed by atoms with van der Waals surface area (Å²) in [5.74, 6) is 0. The van der Waals surface area contributed by atoms with Crippen LogP contribution in [0.25, 0.3) is 0 Å². The molecule has 1 aliphatic rings. The Hall–Kier alpha value is 0.310. The van der Waals surface area contributed by atoms with Crippen molar-refractivity contribution in [2.75, 3.05) is 13.3 Å². The number of hydrogen-bond donors (Lipinski definition) is 1. The third kappa shape index (κ3) is 1.67. The Labute approximate surface area is 68.0 Å². The van der Waals surface area contributed by atoms with Gasteiger partial charge in [0.2, 0.25) is 0 Å². The zero-order chi connectivity index (χ0) is 7.45. The van der Waals surface area contributed by atoms with Crippen LogP contribution in [0.5, 0.6) is 0 Å². The van der Waals surface area contributed by atoms with Crippen LogP contribution in [0.15, 0.2) is 0 Å². The van der Waals surface area contributed by atoms with Crippen LogP contribution in [0.2, 0.25) is 0 Å². The average molecular weight is 159 g/mol. The lowest BCUT2D eigenvalue weighted by Crippen LogP contribution is -2.40. The van der Waals surface area contributed by atoms with Crippen molar-refractivity contribution in [1.29, 1.82) is 0 Å². The fourth-order valence-electron chi connectivity index (χ4n) is 1.68. The lowest BCUT2D eigenvalue weighted by Gasteiger charge is -2.35. The smallest absolute Gasteiger partial charge is 0.0639 e. The highest BCUT2D eigenvalue weighted by atomic mass is 32.2. The molecule has 1 saturated carbocycles. The van der Waals surface area contributed by atoms with Gasteiger partial charge in [0.1, 0.15) is 0 Å². The topological polar surface area (TPSA) is 12.0 Å². The molecule has 0 heterocycles. The second-order valence-electron chi connectivity index (χ2n) is 3.01. The van der Waals surface area contributed by atoms with Crippen molar-refractivity contribution in [1.82, 2.24) is 5.32 Å². The van der Waals surface area contributed by atoms with E-state index < -0.39 is 0 Å². The molecule has 2 heteroatoms. The fraction of sp³-hybridized carbons (Fsp3) is 1.00. The van der Waals surface area contributed by atoms with E-state index in [2.05, 4.69) is 18.6 Å². The second-order valence-corrected chi connectivity index (χ2v) is 4.20. The molecule has 1 N–H and O–H groups in total. The number of hydrogen-bond acceptors (Lipinski definition) is 2. The molecule has 0 aromatic rings. The minimum absolute atomic E-state index is 0.429. The van der Waals surface area contributed by atoms with Gasteiger partial charge in [0.15, 0.2) is 0 Å². The second kappa shape index (κ2) is 3.63. The summed E-state index contributed by atoms with van der Waals surface area (Å²) in [6, 6.07) is 0. The molecule has 0 radical (unpaired) electrons. The van der Waals surface area contributed by atoms with Gasteiger partial charge in [-0.1, -0.05) is 19.3 Å². The van der Waals surface area contributed by atoms with Crippen molar-refractivity contribution < 1.29 is 0 Å². The number of nitrogens with one attached hydrogen (secondary N) is 1. The van der Waals surface area contributed by atoms with Gasteiger partial charge in [-0.25, -0.2) is 0 Å². The predicted octanol–water partition coefficient (Wildman–Crippen LogP) is 2.23. The molecule has 0 aromatic heterocycles. The van der Waals surface area contributed by atoms with E-state index in [1.807, 2.05) is 11.8 Å². The van der Waals surface area contributed by atoms with Gasteiger partial charge in [0, 0.05) is 0 Å². The Morgan fingerprint density at radius 3 is 2.10 bits per heavy atom. The third-order valence-corrected chi connectivity index (χ3v) is 3.90. The summed E-state index contributed by atoms with van der Waals surface area (Å²) < 4.78 is 0. The van der Waals surface area contributed by atoms with Crippen LogP contribution in [0.3, 0.4) is 0 Å². The first kappa shape index (κ1) is 8.41. The first-order chi connectivity index (χ1) is 4.83. The largest absolute Gasteiger partial charge is 0.306 e. The summed E-state index contributed by atoms with van der Waals surface area (Å²) in [7, 11) is 2.09. The van der Waals surface area contributed by atoms with Crippen molar-refractivity contribution in [3.8, 4) is 0 Å². The van der Waals surface area contributed by atoms with E-state index in [1.165, 1.54) is 32.1 Å². The summed E-state index contributed by atoms with van der Waals surface area (Å²) >= 11 is 1.98. The van der Waals surface area contributed by atoms with Crippen LogP contribution in [-0.4, -0.2) is 18.2 Å². The van der Waals surface area contributed by atoms with Crippen LogP contribution in [0.1, 0.15) is 32.1 Å². The number of thioether (sulfide) groups is 1. The molecule has 0 atom stereocenters. The van der Waals surface area contributed by atoms with Crippen LogP contribution in [0.4, 0.5) is 0 Å². The van der Waals surface area contributed by atoms with Gasteiger partial charge in [0.05, 0.1) is 4.87 Å². The molecule has 10 heavy (non-hydrogen) atoms. The highest BCUT2D eigenvalue weighted by Gasteiger charge is 2.28. The fourth-order valence-corrected chi connectivity index (χ4v) is 2.58. The lowest BCUT2D eigenvalue weighted by molar-refractivity contribution is 0.358. The first-order valence-corrected chi connectivity index (χ1v) is 5.29. The maximum atomic E-state index is 3.43. The average Bonchev–Trinajstić information content (AvgIpc) is 2.06. The summed E-state index contributed by atoms with van der Waals surface area (Å²) in [5.41, 5.74) is 0. The first-order valence-electron chi connectivity index (χ1n) is 4.07. The van der Waals surface area contributed by atoms with Crippen molar-refractivity contribution in [2.45, 2.75) is 37.0 Å². The van der Waals surface area contributed by atoms with Gasteiger partial charge in [-0.05, 0) is 26.1 Å². The predicted molar refractivity (Wildman–Crippen MR) is 48.4 cm³/mol. The van der Waals surface area contributed by atoms with E-state index in [1.54, 1.807) is 0 Å². The molecular weight excluding hydrogens is 142 g/mol. The molecular formula is C8H17NS. The van der Waals surface area contributed by atoms with E-state index in [4.69, 9.17) is 0 Å². The molecule has 1 rings (SSSR count). The standard InChI is InChI=1S/C8H17NS/c1-9-8(10-2)6-4-3-5-7-8/h9H,3-7H2,1-2H3. The third-order valence-electron chi connectivity index (χ3n) is 2.51. The van der Waals surface area contributed by atoms with Gasteiger partial charge in [-0.2, -0.15) is 0 Å². The minimum atomic E-state index is 0.429. The molecule has 0 aromatic carbocycles. The quantitative estimate of drug-likeness (QED) is 0.620. The van der Waals surface area contributed by atoms with E-state index in [9.17, 15) is 0 Å². The van der Waals surface area contributed by atoms with Gasteiger partial charge in [-0.3, -0.25) is 0 Å². The molecule has 0 spiro atoms. The van der Waals surface area contributed by atoms with Crippen molar-refractivity contribution in [3.63, 3.8) is 0 Å². The minimum Gasteiger partial charge on any atom is -0.306 e. The molecule has 60 valence electrons. The molecule has 0 unspecified atom stereocenters. The summed E-state index contributed by atoms with van der Waals surface area (Å²) in [6.07, 6.45) is 9.16. The zero-order valence-electron chi connectivity index (χ0n) is 6.94. The molecule has 0 saturated heterocycles. The normalized spacial score (nSPS) is 24.6. The van der Waals surface area contributed by atoms with Crippen LogP contribution in [0, 0.1) is 0 Å². The van der Waals surface area contributed by atoms with E-state index >= 15 is 0 Å². The maximum absolute atomic E-state index is 3.43. The van der Waals surface area contributed by atoms with Crippen molar-refractivity contribution in [2.24, 2.45) is 0 Å². The Morgan fingerprint density at radius 2 is 1.80 bits per heavy atom.